The number of nitriles is 1. The van der Waals surface area contributed by atoms with Crippen molar-refractivity contribution in [2.24, 2.45) is 38.9 Å². The minimum Gasteiger partial charge on any atom is -0.490 e. The highest BCUT2D eigenvalue weighted by Crippen LogP contribution is 2.54. The van der Waals surface area contributed by atoms with Crippen LogP contribution >= 0.6 is 12.1 Å². The molecular weight excluding hydrogens is 754 g/mol. The van der Waals surface area contributed by atoms with E-state index in [2.05, 4.69) is 100 Å². The highest BCUT2D eigenvalue weighted by Gasteiger charge is 2.50. The molecule has 3 rings (SSSR count). The molecule has 0 radical (unpaired) electrons. The van der Waals surface area contributed by atoms with Crippen molar-refractivity contribution in [1.29, 1.82) is 5.26 Å². The number of carbonyl (C=O) groups is 1. The Morgan fingerprint density at radius 1 is 0.949 bits per heavy atom. The number of benzene rings is 2. The predicted octanol–water partition coefficient (Wildman–Crippen LogP) is 15.0. The minimum atomic E-state index is -0.823. The van der Waals surface area contributed by atoms with E-state index in [1.807, 2.05) is 84.1 Å². The van der Waals surface area contributed by atoms with Gasteiger partial charge >= 0.3 is 5.97 Å². The number of imidazole rings is 1. The number of aromatic nitrogens is 2. The van der Waals surface area contributed by atoms with Crippen molar-refractivity contribution in [2.75, 3.05) is 13.2 Å². The van der Waals surface area contributed by atoms with Gasteiger partial charge in [-0.3, -0.25) is 9.36 Å². The molecule has 0 bridgehead atoms. The van der Waals surface area contributed by atoms with Crippen LogP contribution in [-0.2, 0) is 14.3 Å². The highest BCUT2D eigenvalue weighted by molar-refractivity contribution is 7.95. The van der Waals surface area contributed by atoms with Crippen LogP contribution < -0.4 is 4.74 Å². The molecule has 0 aliphatic heterocycles. The van der Waals surface area contributed by atoms with Crippen molar-refractivity contribution in [3.05, 3.63) is 77.6 Å². The van der Waals surface area contributed by atoms with Crippen LogP contribution in [0.25, 0.3) is 17.1 Å². The molecule has 1 heterocycles. The Balaban J connectivity index is 0.00000590. The number of carbonyl (C=O) groups excluding carboxylic acids is 1. The molecule has 6 nitrogen and oxygen atoms in total. The summed E-state index contributed by atoms with van der Waals surface area (Å²) in [4.78, 5) is 19.2. The van der Waals surface area contributed by atoms with Gasteiger partial charge in [0.2, 0.25) is 0 Å². The Kier molecular flexibility index (Phi) is 17.8. The van der Waals surface area contributed by atoms with E-state index < -0.39 is 10.2 Å². The van der Waals surface area contributed by atoms with Gasteiger partial charge in [0.15, 0.2) is 0 Å². The number of aryl methyl sites for hydroxylation is 2. The second kappa shape index (κ2) is 20.3. The fourth-order valence-electron chi connectivity index (χ4n) is 8.59. The van der Waals surface area contributed by atoms with E-state index in [1.54, 1.807) is 6.20 Å². The molecular formula is C51H78FN3O3S. The normalized spacial score (nSPS) is 15.4. The van der Waals surface area contributed by atoms with Crippen LogP contribution in [-0.4, -0.2) is 28.7 Å². The topological polar surface area (TPSA) is 77.1 Å². The number of halogens is 1. The molecule has 0 saturated carbocycles. The summed E-state index contributed by atoms with van der Waals surface area (Å²) in [6, 6.07) is 14.4. The van der Waals surface area contributed by atoms with E-state index in [9.17, 15) is 13.9 Å². The third-order valence-corrected chi connectivity index (χ3v) is 13.5. The number of nitrogens with zero attached hydrogens (tertiary/aromatic N) is 3. The van der Waals surface area contributed by atoms with Gasteiger partial charge in [0, 0.05) is 18.0 Å². The average molecular weight is 832 g/mol. The average Bonchev–Trinajstić information content (AvgIpc) is 3.63. The fourth-order valence-corrected chi connectivity index (χ4v) is 8.85. The maximum absolute atomic E-state index is 14.5. The molecule has 0 aliphatic carbocycles. The Morgan fingerprint density at radius 2 is 1.53 bits per heavy atom. The first-order chi connectivity index (χ1) is 27.2. The second-order valence-corrected chi connectivity index (χ2v) is 21.5. The zero-order chi connectivity index (χ0) is 45.4. The van der Waals surface area contributed by atoms with Crippen LogP contribution in [0.1, 0.15) is 153 Å². The number of hydrogen-bond donors (Lipinski definition) is 0. The number of ether oxygens (including phenoxy) is 2. The maximum atomic E-state index is 14.5. The van der Waals surface area contributed by atoms with E-state index in [0.29, 0.717) is 30.7 Å². The Bertz CT molecular complexity index is 1890. The molecule has 0 aliphatic rings. The first kappa shape index (κ1) is 51.6. The van der Waals surface area contributed by atoms with E-state index in [4.69, 9.17) is 14.5 Å². The zero-order valence-electron chi connectivity index (χ0n) is 40.1. The first-order valence-corrected chi connectivity index (χ1v) is 22.3. The Labute approximate surface area is 363 Å². The lowest BCUT2D eigenvalue weighted by molar-refractivity contribution is -0.163. The summed E-state index contributed by atoms with van der Waals surface area (Å²) in [5, 5.41) is 10.1. The molecule has 3 aromatic rings. The van der Waals surface area contributed by atoms with Gasteiger partial charge in [0.1, 0.15) is 24.8 Å². The van der Waals surface area contributed by atoms with E-state index in [1.165, 1.54) is 5.57 Å². The van der Waals surface area contributed by atoms with E-state index in [-0.39, 0.29) is 52.7 Å². The number of hydrogen-bond acceptors (Lipinski definition) is 6. The molecule has 0 fully saturated rings. The smallest absolute Gasteiger partial charge is 0.312 e. The fraction of sp³-hybridized carbons (Fsp3) is 0.627. The summed E-state index contributed by atoms with van der Waals surface area (Å²) in [5.74, 6) is 0.997. The minimum absolute atomic E-state index is 0.0347. The summed E-state index contributed by atoms with van der Waals surface area (Å²) in [7, 11) is 0. The van der Waals surface area contributed by atoms with Crippen LogP contribution in [0.2, 0.25) is 0 Å². The highest BCUT2D eigenvalue weighted by atomic mass is 32.2. The Morgan fingerprint density at radius 3 is 2.03 bits per heavy atom. The summed E-state index contributed by atoms with van der Waals surface area (Å²) >= 11 is 0.326. The van der Waals surface area contributed by atoms with E-state index in [0.717, 1.165) is 46.6 Å². The largest absolute Gasteiger partial charge is 0.490 e. The van der Waals surface area contributed by atoms with Gasteiger partial charge in [-0.05, 0) is 117 Å². The molecule has 4 atom stereocenters. The molecule has 4 unspecified atom stereocenters. The van der Waals surface area contributed by atoms with Crippen molar-refractivity contribution >= 4 is 18.1 Å². The van der Waals surface area contributed by atoms with Crippen molar-refractivity contribution in [2.45, 2.75) is 155 Å². The summed E-state index contributed by atoms with van der Waals surface area (Å²) < 4.78 is 27.8. The molecule has 0 spiro atoms. The van der Waals surface area contributed by atoms with Crippen LogP contribution in [0.3, 0.4) is 0 Å². The SMILES string of the molecule is C=C(CC)C(C)(CC(C)C(C)(CC(C)(C)CC(C#N)C(C)(C)C)C(=O)OCCOc1cc(C)c(-n2ccnc2-c2ccccc2C(C)(C)SF)c(C)c1)C(C)(C)C.CC. The molecule has 328 valence electrons. The van der Waals surface area contributed by atoms with Gasteiger partial charge < -0.3 is 9.47 Å². The number of rotatable bonds is 18. The van der Waals surface area contributed by atoms with Crippen molar-refractivity contribution < 1.29 is 18.2 Å². The summed E-state index contributed by atoms with van der Waals surface area (Å²) in [6.45, 7) is 42.8. The quantitative estimate of drug-likeness (QED) is 0.0722. The van der Waals surface area contributed by atoms with Crippen molar-refractivity contribution in [3.8, 4) is 28.9 Å². The second-order valence-electron chi connectivity index (χ2n) is 20.3. The monoisotopic (exact) mass is 832 g/mol. The summed E-state index contributed by atoms with van der Waals surface area (Å²) in [5.41, 5.74) is 4.31. The lowest BCUT2D eigenvalue weighted by Gasteiger charge is -2.49. The lowest BCUT2D eigenvalue weighted by Crippen LogP contribution is -2.45. The van der Waals surface area contributed by atoms with Gasteiger partial charge in [-0.1, -0.05) is 126 Å². The molecule has 0 N–H and O–H groups in total. The van der Waals surface area contributed by atoms with Crippen molar-refractivity contribution in [1.82, 2.24) is 9.55 Å². The van der Waals surface area contributed by atoms with Crippen LogP contribution in [0, 0.1) is 64.1 Å². The maximum Gasteiger partial charge on any atom is 0.312 e. The third kappa shape index (κ3) is 12.3. The number of esters is 1. The van der Waals surface area contributed by atoms with Crippen molar-refractivity contribution in [3.63, 3.8) is 0 Å². The van der Waals surface area contributed by atoms with Crippen LogP contribution in [0.5, 0.6) is 5.75 Å². The molecule has 0 amide bonds. The molecule has 1 aromatic heterocycles. The third-order valence-electron chi connectivity index (χ3n) is 12.9. The van der Waals surface area contributed by atoms with Gasteiger partial charge in [-0.25, -0.2) is 4.98 Å². The number of allylic oxidation sites excluding steroid dienone is 1. The van der Waals surface area contributed by atoms with Crippen LogP contribution in [0.4, 0.5) is 3.89 Å². The molecule has 59 heavy (non-hydrogen) atoms. The standard InChI is InChI=1S/C49H72FN3O3S.C2H6/c1-18-35(4)49(17,45(9,10)11)29-36(5)48(16,32-46(12,13)30-37(31-51)44(6,7)8)43(54)56-26-25-55-38-27-33(2)41(34(3)28-38)53-24-23-52-42(53)39-21-19-20-22-40(39)47(14,15)57-50;1-2/h19-24,27-28,36-37H,4,18,25-26,29-30,32H2,1-3,5-17H3;1-2H3. The van der Waals surface area contributed by atoms with E-state index >= 15 is 0 Å². The van der Waals surface area contributed by atoms with Crippen LogP contribution in [0.15, 0.2) is 60.9 Å². The summed E-state index contributed by atoms with van der Waals surface area (Å²) in [6.07, 6.45) is 6.62. The van der Waals surface area contributed by atoms with Gasteiger partial charge in [0.05, 0.1) is 40.0 Å². The molecule has 8 heteroatoms. The van der Waals surface area contributed by atoms with Gasteiger partial charge in [-0.2, -0.15) is 9.15 Å². The Hall–Kier alpha value is -3.57. The zero-order valence-corrected chi connectivity index (χ0v) is 40.9. The van der Waals surface area contributed by atoms with Gasteiger partial charge in [-0.15, -0.1) is 0 Å². The molecule has 0 saturated heterocycles. The first-order valence-electron chi connectivity index (χ1n) is 21.6. The molecule has 2 aromatic carbocycles. The predicted molar refractivity (Wildman–Crippen MR) is 248 cm³/mol. The lowest BCUT2D eigenvalue weighted by atomic mass is 9.55. The van der Waals surface area contributed by atoms with Gasteiger partial charge in [0.25, 0.3) is 0 Å².